The summed E-state index contributed by atoms with van der Waals surface area (Å²) in [7, 11) is 0. The van der Waals surface area contributed by atoms with Crippen LogP contribution in [0.4, 0.5) is 0 Å². The molecule has 6 nitrogen and oxygen atoms in total. The second-order valence-electron chi connectivity index (χ2n) is 7.69. The van der Waals surface area contributed by atoms with Gasteiger partial charge < -0.3 is 16.0 Å². The number of aromatic nitrogens is 1. The van der Waals surface area contributed by atoms with E-state index in [1.54, 1.807) is 12.1 Å². The number of hydrogen-bond donors (Lipinski definition) is 3. The summed E-state index contributed by atoms with van der Waals surface area (Å²) in [5.41, 5.74) is 1.25. The van der Waals surface area contributed by atoms with Crippen LogP contribution >= 0.6 is 11.3 Å². The molecule has 2 atom stereocenters. The van der Waals surface area contributed by atoms with E-state index in [1.165, 1.54) is 17.8 Å². The quantitative estimate of drug-likeness (QED) is 0.698. The van der Waals surface area contributed by atoms with Crippen molar-refractivity contribution in [2.45, 2.75) is 38.8 Å². The van der Waals surface area contributed by atoms with Crippen molar-refractivity contribution in [2.24, 2.45) is 11.3 Å². The summed E-state index contributed by atoms with van der Waals surface area (Å²) >= 11 is 1.50. The predicted octanol–water partition coefficient (Wildman–Crippen LogP) is 2.47. The Hall–Kier alpha value is -2.25. The summed E-state index contributed by atoms with van der Waals surface area (Å²) in [5.74, 6) is 0.511. The summed E-state index contributed by atoms with van der Waals surface area (Å²) in [5, 5.41) is 12.2. The van der Waals surface area contributed by atoms with Gasteiger partial charge in [0.1, 0.15) is 5.01 Å². The van der Waals surface area contributed by atoms with Crippen LogP contribution in [-0.4, -0.2) is 29.9 Å². The van der Waals surface area contributed by atoms with Crippen molar-refractivity contribution in [1.82, 2.24) is 20.9 Å². The summed E-state index contributed by atoms with van der Waals surface area (Å²) in [6, 6.07) is 9.14. The lowest BCUT2D eigenvalue weighted by Crippen LogP contribution is -2.47. The molecule has 2 aromatic rings. The van der Waals surface area contributed by atoms with E-state index in [1.807, 2.05) is 23.6 Å². The molecule has 0 radical (unpaired) electrons. The number of benzene rings is 1. The van der Waals surface area contributed by atoms with Gasteiger partial charge in [-0.25, -0.2) is 4.98 Å². The topological polar surface area (TPSA) is 83.1 Å². The van der Waals surface area contributed by atoms with Gasteiger partial charge >= 0.3 is 0 Å². The van der Waals surface area contributed by atoms with E-state index in [0.717, 1.165) is 43.1 Å². The van der Waals surface area contributed by atoms with Crippen LogP contribution in [0.2, 0.25) is 0 Å². The van der Waals surface area contributed by atoms with Crippen molar-refractivity contribution >= 4 is 23.2 Å². The van der Waals surface area contributed by atoms with Gasteiger partial charge in [-0.1, -0.05) is 31.0 Å². The molecule has 4 rings (SSSR count). The maximum Gasteiger partial charge on any atom is 0.251 e. The Kier molecular flexibility index (Phi) is 5.73. The molecule has 1 aliphatic heterocycles. The highest BCUT2D eigenvalue weighted by Gasteiger charge is 2.49. The minimum atomic E-state index is -0.235. The molecule has 28 heavy (non-hydrogen) atoms. The third-order valence-corrected chi connectivity index (χ3v) is 6.85. The zero-order chi connectivity index (χ0) is 19.4. The molecule has 0 bridgehead atoms. The normalized spacial score (nSPS) is 23.8. The lowest BCUT2D eigenvalue weighted by atomic mass is 9.67. The molecule has 7 heteroatoms. The molecule has 2 aliphatic rings. The maximum atomic E-state index is 12.9. The van der Waals surface area contributed by atoms with Gasteiger partial charge in [-0.2, -0.15) is 0 Å². The fraction of sp³-hybridized carbons (Fsp3) is 0.476. The highest BCUT2D eigenvalue weighted by molar-refractivity contribution is 7.09. The van der Waals surface area contributed by atoms with E-state index in [4.69, 9.17) is 0 Å². The average Bonchev–Trinajstić information content (AvgIpc) is 3.38. The SMILES string of the molecule is O=C(NCc1nc(CNC(=O)[C@@]23CCCC[C@H]2CNC3)cs1)c1ccccc1. The third kappa shape index (κ3) is 3.95. The molecule has 2 amide bonds. The van der Waals surface area contributed by atoms with Crippen LogP contribution in [0, 0.1) is 11.3 Å². The Bertz CT molecular complexity index is 838. The van der Waals surface area contributed by atoms with Crippen LogP contribution in [0.15, 0.2) is 35.7 Å². The van der Waals surface area contributed by atoms with E-state index >= 15 is 0 Å². The van der Waals surface area contributed by atoms with Crippen molar-refractivity contribution in [2.75, 3.05) is 13.1 Å². The van der Waals surface area contributed by atoms with E-state index in [0.29, 0.717) is 24.6 Å². The number of carbonyl (C=O) groups is 2. The van der Waals surface area contributed by atoms with Gasteiger partial charge in [0.15, 0.2) is 0 Å². The molecule has 1 saturated heterocycles. The van der Waals surface area contributed by atoms with Gasteiger partial charge in [-0.3, -0.25) is 9.59 Å². The molecule has 2 heterocycles. The van der Waals surface area contributed by atoms with E-state index in [-0.39, 0.29) is 17.2 Å². The van der Waals surface area contributed by atoms with E-state index < -0.39 is 0 Å². The van der Waals surface area contributed by atoms with E-state index in [2.05, 4.69) is 20.9 Å². The molecule has 2 fully saturated rings. The van der Waals surface area contributed by atoms with Crippen molar-refractivity contribution in [1.29, 1.82) is 0 Å². The summed E-state index contributed by atoms with van der Waals surface area (Å²) in [6.45, 7) is 2.57. The Morgan fingerprint density at radius 1 is 1.18 bits per heavy atom. The first-order valence-corrected chi connectivity index (χ1v) is 10.8. The van der Waals surface area contributed by atoms with Gasteiger partial charge in [-0.15, -0.1) is 11.3 Å². The fourth-order valence-electron chi connectivity index (χ4n) is 4.40. The first-order chi connectivity index (χ1) is 13.7. The average molecular weight is 399 g/mol. The Labute approximate surface area is 169 Å². The number of thiazole rings is 1. The zero-order valence-corrected chi connectivity index (χ0v) is 16.7. The van der Waals surface area contributed by atoms with Crippen molar-refractivity contribution < 1.29 is 9.59 Å². The molecular weight excluding hydrogens is 372 g/mol. The second kappa shape index (κ2) is 8.41. The molecule has 148 valence electrons. The number of nitrogens with zero attached hydrogens (tertiary/aromatic N) is 1. The fourth-order valence-corrected chi connectivity index (χ4v) is 5.13. The van der Waals surface area contributed by atoms with Crippen LogP contribution in [-0.2, 0) is 17.9 Å². The number of hydrogen-bond acceptors (Lipinski definition) is 5. The van der Waals surface area contributed by atoms with Gasteiger partial charge in [0.05, 0.1) is 24.2 Å². The van der Waals surface area contributed by atoms with Crippen molar-refractivity contribution in [3.63, 3.8) is 0 Å². The Balaban J connectivity index is 1.29. The number of amides is 2. The Morgan fingerprint density at radius 3 is 2.89 bits per heavy atom. The van der Waals surface area contributed by atoms with Crippen LogP contribution in [0.1, 0.15) is 46.7 Å². The van der Waals surface area contributed by atoms with E-state index in [9.17, 15) is 9.59 Å². The van der Waals surface area contributed by atoms with Gasteiger partial charge in [-0.05, 0) is 37.4 Å². The first-order valence-electron chi connectivity index (χ1n) is 9.93. The van der Waals surface area contributed by atoms with Crippen LogP contribution in [0.3, 0.4) is 0 Å². The second-order valence-corrected chi connectivity index (χ2v) is 8.64. The molecule has 1 saturated carbocycles. The molecule has 0 spiro atoms. The van der Waals surface area contributed by atoms with Crippen molar-refractivity contribution in [3.05, 3.63) is 52.0 Å². The number of rotatable bonds is 6. The monoisotopic (exact) mass is 398 g/mol. The third-order valence-electron chi connectivity index (χ3n) is 5.96. The minimum Gasteiger partial charge on any atom is -0.350 e. The van der Waals surface area contributed by atoms with Gasteiger partial charge in [0, 0.05) is 17.5 Å². The lowest BCUT2D eigenvalue weighted by molar-refractivity contribution is -0.134. The minimum absolute atomic E-state index is 0.109. The highest BCUT2D eigenvalue weighted by atomic mass is 32.1. The van der Waals surface area contributed by atoms with Gasteiger partial charge in [0.2, 0.25) is 5.91 Å². The summed E-state index contributed by atoms with van der Waals surface area (Å²) in [6.07, 6.45) is 4.48. The summed E-state index contributed by atoms with van der Waals surface area (Å²) < 4.78 is 0. The van der Waals surface area contributed by atoms with Crippen LogP contribution in [0.25, 0.3) is 0 Å². The number of fused-ring (bicyclic) bond motifs is 1. The number of carbonyl (C=O) groups excluding carboxylic acids is 2. The molecule has 0 unspecified atom stereocenters. The molecule has 1 aliphatic carbocycles. The molecule has 3 N–H and O–H groups in total. The molecule has 1 aromatic carbocycles. The van der Waals surface area contributed by atoms with Crippen LogP contribution < -0.4 is 16.0 Å². The van der Waals surface area contributed by atoms with Gasteiger partial charge in [0.25, 0.3) is 5.91 Å². The largest absolute Gasteiger partial charge is 0.350 e. The summed E-state index contributed by atoms with van der Waals surface area (Å²) in [4.78, 5) is 29.6. The molecule has 1 aromatic heterocycles. The predicted molar refractivity (Wildman–Crippen MR) is 109 cm³/mol. The smallest absolute Gasteiger partial charge is 0.251 e. The highest BCUT2D eigenvalue weighted by Crippen LogP contribution is 2.43. The lowest BCUT2D eigenvalue weighted by Gasteiger charge is -2.37. The maximum absolute atomic E-state index is 12.9. The zero-order valence-electron chi connectivity index (χ0n) is 15.9. The van der Waals surface area contributed by atoms with Crippen LogP contribution in [0.5, 0.6) is 0 Å². The first kappa shape index (κ1) is 19.1. The standard InChI is InChI=1S/C21H26N4O2S/c26-19(15-6-2-1-3-7-15)23-12-18-25-17(13-28-18)11-24-20(27)21-9-5-4-8-16(21)10-22-14-21/h1-3,6-7,13,16,22H,4-5,8-12,14H2,(H,23,26)(H,24,27)/t16-,21+/m0/s1. The number of nitrogens with one attached hydrogen (secondary N) is 3. The van der Waals surface area contributed by atoms with Crippen molar-refractivity contribution in [3.8, 4) is 0 Å². The molecular formula is C21H26N4O2S. The Morgan fingerprint density at radius 2 is 2.04 bits per heavy atom.